The van der Waals surface area contributed by atoms with Crippen LogP contribution in [0, 0.1) is 6.92 Å². The summed E-state index contributed by atoms with van der Waals surface area (Å²) in [6.45, 7) is 1.72. The topological polar surface area (TPSA) is 62.2 Å². The second-order valence-electron chi connectivity index (χ2n) is 3.79. The zero-order valence-corrected chi connectivity index (χ0v) is 10.4. The molecule has 2 rings (SSSR count). The van der Waals surface area contributed by atoms with Gasteiger partial charge in [0.1, 0.15) is 5.75 Å². The van der Waals surface area contributed by atoms with Crippen molar-refractivity contribution in [2.24, 2.45) is 0 Å². The van der Waals surface area contributed by atoms with Crippen LogP contribution in [-0.2, 0) is 0 Å². The molecule has 2 N–H and O–H groups in total. The van der Waals surface area contributed by atoms with E-state index in [2.05, 4.69) is 10.3 Å². The highest BCUT2D eigenvalue weighted by atomic mass is 35.5. The van der Waals surface area contributed by atoms with Gasteiger partial charge in [-0.15, -0.1) is 0 Å². The van der Waals surface area contributed by atoms with E-state index in [0.717, 1.165) is 0 Å². The summed E-state index contributed by atoms with van der Waals surface area (Å²) in [4.78, 5) is 15.9. The molecule has 2 aromatic rings. The summed E-state index contributed by atoms with van der Waals surface area (Å²) < 4.78 is 0. The largest absolute Gasteiger partial charge is 0.508 e. The Bertz CT molecular complexity index is 599. The summed E-state index contributed by atoms with van der Waals surface area (Å²) in [6, 6.07) is 7.94. The molecule has 1 amide bonds. The van der Waals surface area contributed by atoms with Gasteiger partial charge < -0.3 is 10.4 Å². The Kier molecular flexibility index (Phi) is 3.48. The number of amides is 1. The summed E-state index contributed by atoms with van der Waals surface area (Å²) in [7, 11) is 0. The van der Waals surface area contributed by atoms with Crippen molar-refractivity contribution in [1.82, 2.24) is 4.98 Å². The lowest BCUT2D eigenvalue weighted by Gasteiger charge is -2.07. The van der Waals surface area contributed by atoms with Crippen molar-refractivity contribution in [3.8, 4) is 5.75 Å². The molecule has 0 aliphatic heterocycles. The first-order chi connectivity index (χ1) is 8.58. The fourth-order valence-electron chi connectivity index (χ4n) is 1.45. The molecule has 0 spiro atoms. The lowest BCUT2D eigenvalue weighted by molar-refractivity contribution is 0.102. The molecule has 1 heterocycles. The lowest BCUT2D eigenvalue weighted by Crippen LogP contribution is -2.13. The van der Waals surface area contributed by atoms with Crippen LogP contribution in [0.25, 0.3) is 0 Å². The van der Waals surface area contributed by atoms with Crippen molar-refractivity contribution in [2.75, 3.05) is 5.32 Å². The van der Waals surface area contributed by atoms with E-state index in [9.17, 15) is 9.90 Å². The fraction of sp³-hybridized carbons (Fsp3) is 0.0769. The number of anilines is 1. The van der Waals surface area contributed by atoms with Crippen LogP contribution in [0.5, 0.6) is 5.75 Å². The molecule has 5 heteroatoms. The summed E-state index contributed by atoms with van der Waals surface area (Å²) >= 11 is 5.90. The average molecular weight is 263 g/mol. The van der Waals surface area contributed by atoms with Gasteiger partial charge in [-0.25, -0.2) is 4.98 Å². The predicted octanol–water partition coefficient (Wildman–Crippen LogP) is 3.00. The molecule has 92 valence electrons. The second-order valence-corrected chi connectivity index (χ2v) is 4.20. The van der Waals surface area contributed by atoms with Crippen LogP contribution in [0.4, 0.5) is 5.82 Å². The van der Waals surface area contributed by atoms with E-state index in [1.807, 2.05) is 0 Å². The minimum atomic E-state index is -0.321. The van der Waals surface area contributed by atoms with Crippen LogP contribution in [0.15, 0.2) is 36.5 Å². The van der Waals surface area contributed by atoms with Crippen LogP contribution < -0.4 is 5.32 Å². The van der Waals surface area contributed by atoms with Gasteiger partial charge in [-0.2, -0.15) is 0 Å². The monoisotopic (exact) mass is 262 g/mol. The van der Waals surface area contributed by atoms with Crippen molar-refractivity contribution >= 4 is 23.3 Å². The van der Waals surface area contributed by atoms with Crippen LogP contribution in [0.1, 0.15) is 15.9 Å². The number of hydrogen-bond donors (Lipinski definition) is 2. The smallest absolute Gasteiger partial charge is 0.256 e. The van der Waals surface area contributed by atoms with E-state index in [4.69, 9.17) is 11.6 Å². The van der Waals surface area contributed by atoms with Crippen molar-refractivity contribution in [2.45, 2.75) is 6.92 Å². The van der Waals surface area contributed by atoms with E-state index in [1.165, 1.54) is 12.1 Å². The zero-order valence-electron chi connectivity index (χ0n) is 9.64. The number of benzene rings is 1. The zero-order chi connectivity index (χ0) is 13.1. The third-order valence-corrected chi connectivity index (χ3v) is 2.75. The van der Waals surface area contributed by atoms with Gasteiger partial charge >= 0.3 is 0 Å². The van der Waals surface area contributed by atoms with Gasteiger partial charge in [0, 0.05) is 11.8 Å². The average Bonchev–Trinajstić information content (AvgIpc) is 2.35. The summed E-state index contributed by atoms with van der Waals surface area (Å²) in [5.74, 6) is 0.149. The van der Waals surface area contributed by atoms with E-state index >= 15 is 0 Å². The van der Waals surface area contributed by atoms with Crippen LogP contribution in [-0.4, -0.2) is 16.0 Å². The quantitative estimate of drug-likeness (QED) is 0.875. The molecule has 0 unspecified atom stereocenters. The normalized spacial score (nSPS) is 10.1. The van der Waals surface area contributed by atoms with E-state index in [-0.39, 0.29) is 11.7 Å². The van der Waals surface area contributed by atoms with Crippen LogP contribution in [0.3, 0.4) is 0 Å². The minimum Gasteiger partial charge on any atom is -0.508 e. The number of rotatable bonds is 2. The van der Waals surface area contributed by atoms with Crippen molar-refractivity contribution in [3.05, 3.63) is 52.7 Å². The third kappa shape index (κ3) is 2.60. The van der Waals surface area contributed by atoms with Gasteiger partial charge in [0.2, 0.25) is 0 Å². The maximum atomic E-state index is 11.9. The minimum absolute atomic E-state index is 0.155. The Hall–Kier alpha value is -2.07. The lowest BCUT2D eigenvalue weighted by atomic mass is 10.1. The van der Waals surface area contributed by atoms with E-state index in [0.29, 0.717) is 22.0 Å². The van der Waals surface area contributed by atoms with Crippen LogP contribution >= 0.6 is 11.6 Å². The molecule has 18 heavy (non-hydrogen) atoms. The number of carbonyl (C=O) groups excluding carboxylic acids is 1. The first kappa shape index (κ1) is 12.4. The summed E-state index contributed by atoms with van der Waals surface area (Å²) in [6.07, 6.45) is 1.55. The number of aromatic nitrogens is 1. The van der Waals surface area contributed by atoms with E-state index in [1.54, 1.807) is 31.3 Å². The standard InChI is InChI=1S/C13H11ClN2O2/c1-8-7-9(4-5-11(8)17)13(18)16-12-10(14)3-2-6-15-12/h2-7,17H,1H3,(H,15,16,18). The molecule has 0 aliphatic carbocycles. The van der Waals surface area contributed by atoms with Gasteiger partial charge in [-0.3, -0.25) is 4.79 Å². The molecule has 0 radical (unpaired) electrons. The highest BCUT2D eigenvalue weighted by Crippen LogP contribution is 2.20. The third-order valence-electron chi connectivity index (χ3n) is 2.45. The Labute approximate surface area is 109 Å². The summed E-state index contributed by atoms with van der Waals surface area (Å²) in [5, 5.41) is 12.4. The number of aromatic hydroxyl groups is 1. The second kappa shape index (κ2) is 5.06. The van der Waals surface area contributed by atoms with Crippen LogP contribution in [0.2, 0.25) is 5.02 Å². The molecule has 1 aromatic heterocycles. The predicted molar refractivity (Wildman–Crippen MR) is 70.0 cm³/mol. The fourth-order valence-corrected chi connectivity index (χ4v) is 1.62. The molecular weight excluding hydrogens is 252 g/mol. The molecule has 4 nitrogen and oxygen atoms in total. The van der Waals surface area contributed by atoms with Gasteiger partial charge in [0.25, 0.3) is 5.91 Å². The number of nitrogens with one attached hydrogen (secondary N) is 1. The molecular formula is C13H11ClN2O2. The first-order valence-corrected chi connectivity index (χ1v) is 5.67. The maximum Gasteiger partial charge on any atom is 0.256 e. The number of halogens is 1. The number of aryl methyl sites for hydroxylation is 1. The molecule has 0 atom stereocenters. The SMILES string of the molecule is Cc1cc(C(=O)Nc2ncccc2Cl)ccc1O. The van der Waals surface area contributed by atoms with Crippen molar-refractivity contribution < 1.29 is 9.90 Å². The Morgan fingerprint density at radius 1 is 1.39 bits per heavy atom. The molecule has 0 bridgehead atoms. The van der Waals surface area contributed by atoms with Gasteiger partial charge in [-0.1, -0.05) is 11.6 Å². The molecule has 0 fully saturated rings. The maximum absolute atomic E-state index is 11.9. The number of hydrogen-bond acceptors (Lipinski definition) is 3. The highest BCUT2D eigenvalue weighted by molar-refractivity contribution is 6.33. The van der Waals surface area contributed by atoms with Gasteiger partial charge in [0.05, 0.1) is 5.02 Å². The van der Waals surface area contributed by atoms with Gasteiger partial charge in [-0.05, 0) is 42.8 Å². The number of nitrogens with zero attached hydrogens (tertiary/aromatic N) is 1. The van der Waals surface area contributed by atoms with Crippen molar-refractivity contribution in [3.63, 3.8) is 0 Å². The Morgan fingerprint density at radius 2 is 2.17 bits per heavy atom. The number of phenolic OH excluding ortho intramolecular Hbond substituents is 1. The number of phenols is 1. The van der Waals surface area contributed by atoms with E-state index < -0.39 is 0 Å². The number of carbonyl (C=O) groups is 1. The Morgan fingerprint density at radius 3 is 2.83 bits per heavy atom. The molecule has 0 saturated heterocycles. The number of pyridine rings is 1. The molecule has 1 aromatic carbocycles. The highest BCUT2D eigenvalue weighted by Gasteiger charge is 2.10. The van der Waals surface area contributed by atoms with Gasteiger partial charge in [0.15, 0.2) is 5.82 Å². The molecule has 0 aliphatic rings. The first-order valence-electron chi connectivity index (χ1n) is 5.29. The Balaban J connectivity index is 2.22. The molecule has 0 saturated carbocycles. The summed E-state index contributed by atoms with van der Waals surface area (Å²) in [5.41, 5.74) is 1.07. The van der Waals surface area contributed by atoms with Crippen molar-refractivity contribution in [1.29, 1.82) is 0 Å².